The lowest BCUT2D eigenvalue weighted by Crippen LogP contribution is -2.28. The molecule has 0 radical (unpaired) electrons. The molecular weight excluding hydrogens is 482 g/mol. The molecule has 0 aliphatic carbocycles. The van der Waals surface area contributed by atoms with E-state index in [-0.39, 0.29) is 24.0 Å². The lowest BCUT2D eigenvalue weighted by Gasteiger charge is -2.12. The minimum absolute atomic E-state index is 0.0719. The lowest BCUT2D eigenvalue weighted by atomic mass is 10.2. The van der Waals surface area contributed by atoms with Gasteiger partial charge in [-0.05, 0) is 65.9 Å². The molecule has 3 aromatic rings. The Kier molecular flexibility index (Phi) is 6.24. The lowest BCUT2D eigenvalue weighted by molar-refractivity contribution is -0.122. The molecule has 1 aromatic heterocycles. The summed E-state index contributed by atoms with van der Waals surface area (Å²) in [5.41, 5.74) is 1.26. The van der Waals surface area contributed by atoms with E-state index < -0.39 is 0 Å². The number of halogens is 1. The van der Waals surface area contributed by atoms with Gasteiger partial charge in [0.2, 0.25) is 0 Å². The number of carbonyl (C=O) groups excluding carboxylic acids is 1. The van der Waals surface area contributed by atoms with Crippen molar-refractivity contribution >= 4 is 51.1 Å². The Morgan fingerprint density at radius 3 is 2.68 bits per heavy atom. The first-order valence-electron chi connectivity index (χ1n) is 9.12. The summed E-state index contributed by atoms with van der Waals surface area (Å²) in [6.07, 6.45) is 4.69. The summed E-state index contributed by atoms with van der Waals surface area (Å²) in [6, 6.07) is 15.1. The Bertz CT molecular complexity index is 1190. The van der Waals surface area contributed by atoms with E-state index in [4.69, 9.17) is 4.42 Å². The van der Waals surface area contributed by atoms with E-state index in [0.29, 0.717) is 21.4 Å². The van der Waals surface area contributed by atoms with E-state index in [9.17, 15) is 15.0 Å². The molecule has 1 aliphatic rings. The molecule has 2 aromatic carbocycles. The molecule has 0 atom stereocenters. The number of aromatic hydroxyl groups is 2. The monoisotopic (exact) mass is 497 g/mol. The number of amidine groups is 1. The normalized spacial score (nSPS) is 16.8. The standard InChI is InChI=1S/C22H16BrN3O4S/c23-16-5-8-19(28)15(11-16)12-24-25-22-26(13-18-2-1-9-30-18)21(29)20(31-22)10-14-3-6-17(27)7-4-14/h1-12,27-28H,13H2/b20-10-,24-12-,25-22+. The molecule has 1 aliphatic heterocycles. The van der Waals surface area contributed by atoms with Crippen LogP contribution in [0.2, 0.25) is 0 Å². The summed E-state index contributed by atoms with van der Waals surface area (Å²) >= 11 is 4.54. The molecule has 0 unspecified atom stereocenters. The largest absolute Gasteiger partial charge is 0.508 e. The summed E-state index contributed by atoms with van der Waals surface area (Å²) in [4.78, 5) is 15.0. The fourth-order valence-electron chi connectivity index (χ4n) is 2.77. The van der Waals surface area contributed by atoms with Gasteiger partial charge in [0.1, 0.15) is 17.3 Å². The van der Waals surface area contributed by atoms with E-state index in [1.165, 1.54) is 22.9 Å². The van der Waals surface area contributed by atoms with E-state index >= 15 is 0 Å². The zero-order valence-corrected chi connectivity index (χ0v) is 18.4. The zero-order valence-electron chi connectivity index (χ0n) is 16.0. The van der Waals surface area contributed by atoms with Crippen molar-refractivity contribution in [2.75, 3.05) is 0 Å². The number of hydrogen-bond donors (Lipinski definition) is 2. The van der Waals surface area contributed by atoms with Crippen LogP contribution in [0.15, 0.2) is 84.9 Å². The molecule has 4 rings (SSSR count). The molecule has 0 saturated carbocycles. The number of phenols is 2. The van der Waals surface area contributed by atoms with Gasteiger partial charge in [0.05, 0.1) is 23.9 Å². The van der Waals surface area contributed by atoms with Gasteiger partial charge in [0.15, 0.2) is 5.17 Å². The second-order valence-electron chi connectivity index (χ2n) is 6.50. The quantitative estimate of drug-likeness (QED) is 0.294. The van der Waals surface area contributed by atoms with Gasteiger partial charge in [-0.15, -0.1) is 5.10 Å². The van der Waals surface area contributed by atoms with Crippen LogP contribution in [0.4, 0.5) is 0 Å². The third-order valence-electron chi connectivity index (χ3n) is 4.30. The minimum atomic E-state index is -0.228. The maximum Gasteiger partial charge on any atom is 0.267 e. The molecule has 7 nitrogen and oxygen atoms in total. The molecular formula is C22H16BrN3O4S. The summed E-state index contributed by atoms with van der Waals surface area (Å²) in [5.74, 6) is 0.608. The zero-order chi connectivity index (χ0) is 21.8. The number of nitrogens with zero attached hydrogens (tertiary/aromatic N) is 3. The first-order chi connectivity index (χ1) is 15.0. The minimum Gasteiger partial charge on any atom is -0.508 e. The van der Waals surface area contributed by atoms with Crippen LogP contribution in [0.25, 0.3) is 6.08 Å². The smallest absolute Gasteiger partial charge is 0.267 e. The van der Waals surface area contributed by atoms with Crippen molar-refractivity contribution in [3.8, 4) is 11.5 Å². The van der Waals surface area contributed by atoms with Crippen molar-refractivity contribution in [1.29, 1.82) is 0 Å². The highest BCUT2D eigenvalue weighted by Gasteiger charge is 2.34. The second-order valence-corrected chi connectivity index (χ2v) is 8.43. The molecule has 1 saturated heterocycles. The Morgan fingerprint density at radius 2 is 1.94 bits per heavy atom. The van der Waals surface area contributed by atoms with Crippen molar-refractivity contribution in [3.63, 3.8) is 0 Å². The number of phenolic OH excluding ortho intramolecular Hbond substituents is 2. The van der Waals surface area contributed by atoms with E-state index in [2.05, 4.69) is 26.1 Å². The predicted molar refractivity (Wildman–Crippen MR) is 124 cm³/mol. The summed E-state index contributed by atoms with van der Waals surface area (Å²) in [5, 5.41) is 28.1. The number of amides is 1. The molecule has 31 heavy (non-hydrogen) atoms. The molecule has 1 fully saturated rings. The highest BCUT2D eigenvalue weighted by atomic mass is 79.9. The van der Waals surface area contributed by atoms with Gasteiger partial charge in [-0.25, -0.2) is 0 Å². The van der Waals surface area contributed by atoms with Crippen molar-refractivity contribution < 1.29 is 19.4 Å². The molecule has 9 heteroatoms. The van der Waals surface area contributed by atoms with Gasteiger partial charge < -0.3 is 14.6 Å². The predicted octanol–water partition coefficient (Wildman–Crippen LogP) is 4.96. The molecule has 2 heterocycles. The van der Waals surface area contributed by atoms with Crippen LogP contribution in [-0.4, -0.2) is 32.4 Å². The van der Waals surface area contributed by atoms with Crippen molar-refractivity contribution in [2.45, 2.75) is 6.54 Å². The van der Waals surface area contributed by atoms with E-state index in [0.717, 1.165) is 10.0 Å². The van der Waals surface area contributed by atoms with Gasteiger partial charge in [-0.2, -0.15) is 5.10 Å². The fraction of sp³-hybridized carbons (Fsp3) is 0.0455. The number of benzene rings is 2. The SMILES string of the molecule is O=C1/C(=C/c2ccc(O)cc2)S/C(=N/N=C\c2cc(Br)ccc2O)N1Cc1ccco1. The Balaban J connectivity index is 1.63. The number of hydrogen-bond acceptors (Lipinski definition) is 7. The average molecular weight is 498 g/mol. The highest BCUT2D eigenvalue weighted by molar-refractivity contribution is 9.10. The molecule has 2 N–H and O–H groups in total. The van der Waals surface area contributed by atoms with Crippen LogP contribution in [0.5, 0.6) is 11.5 Å². The van der Waals surface area contributed by atoms with Crippen LogP contribution in [-0.2, 0) is 11.3 Å². The summed E-state index contributed by atoms with van der Waals surface area (Å²) in [6.45, 7) is 0.211. The van der Waals surface area contributed by atoms with Crippen molar-refractivity contribution in [3.05, 3.63) is 87.1 Å². The van der Waals surface area contributed by atoms with E-state index in [1.54, 1.807) is 66.9 Å². The second kappa shape index (κ2) is 9.23. The number of thioether (sulfide) groups is 1. The molecule has 156 valence electrons. The van der Waals surface area contributed by atoms with Gasteiger partial charge >= 0.3 is 0 Å². The highest BCUT2D eigenvalue weighted by Crippen LogP contribution is 2.34. The number of carbonyl (C=O) groups is 1. The number of furan rings is 1. The fourth-order valence-corrected chi connectivity index (χ4v) is 4.09. The Morgan fingerprint density at radius 1 is 1.13 bits per heavy atom. The Hall–Kier alpha value is -3.30. The van der Waals surface area contributed by atoms with Gasteiger partial charge in [-0.3, -0.25) is 9.69 Å². The summed E-state index contributed by atoms with van der Waals surface area (Å²) < 4.78 is 6.17. The maximum atomic E-state index is 13.0. The molecule has 1 amide bonds. The van der Waals surface area contributed by atoms with Crippen LogP contribution >= 0.6 is 27.7 Å². The maximum absolute atomic E-state index is 13.0. The molecule has 0 spiro atoms. The number of rotatable bonds is 5. The summed E-state index contributed by atoms with van der Waals surface area (Å²) in [7, 11) is 0. The first kappa shape index (κ1) is 21.0. The van der Waals surface area contributed by atoms with E-state index in [1.807, 2.05) is 0 Å². The van der Waals surface area contributed by atoms with Gasteiger partial charge in [0.25, 0.3) is 5.91 Å². The van der Waals surface area contributed by atoms with Gasteiger partial charge in [-0.1, -0.05) is 28.1 Å². The van der Waals surface area contributed by atoms with Crippen molar-refractivity contribution in [1.82, 2.24) is 4.90 Å². The Labute approximate surface area is 190 Å². The van der Waals surface area contributed by atoms with Crippen LogP contribution < -0.4 is 0 Å². The third-order valence-corrected chi connectivity index (χ3v) is 5.79. The van der Waals surface area contributed by atoms with Crippen molar-refractivity contribution in [2.24, 2.45) is 10.2 Å². The van der Waals surface area contributed by atoms with Crippen LogP contribution in [0.3, 0.4) is 0 Å². The first-order valence-corrected chi connectivity index (χ1v) is 10.7. The van der Waals surface area contributed by atoms with Crippen LogP contribution in [0, 0.1) is 0 Å². The third kappa shape index (κ3) is 5.07. The topological polar surface area (TPSA) is 98.6 Å². The average Bonchev–Trinajstić information content (AvgIpc) is 3.36. The molecule has 0 bridgehead atoms. The van der Waals surface area contributed by atoms with Crippen LogP contribution in [0.1, 0.15) is 16.9 Å². The van der Waals surface area contributed by atoms with Gasteiger partial charge in [0, 0.05) is 10.0 Å².